The predicted octanol–water partition coefficient (Wildman–Crippen LogP) is 4.64. The number of likely N-dealkylation sites (tertiary alicyclic amines) is 1. The Kier molecular flexibility index (Phi) is 4.78. The molecule has 1 atom stereocenters. The minimum Gasteiger partial charge on any atom is -0.367 e. The number of hydrogen-bond acceptors (Lipinski definition) is 6. The van der Waals surface area contributed by atoms with E-state index in [4.69, 9.17) is 0 Å². The Morgan fingerprint density at radius 2 is 2.08 bits per heavy atom. The van der Waals surface area contributed by atoms with Crippen molar-refractivity contribution in [2.24, 2.45) is 5.92 Å². The van der Waals surface area contributed by atoms with Gasteiger partial charge in [-0.05, 0) is 54.7 Å². The maximum atomic E-state index is 4.46. The number of nitrogens with one attached hydrogen (secondary N) is 1. The van der Waals surface area contributed by atoms with E-state index >= 15 is 0 Å². The van der Waals surface area contributed by atoms with Gasteiger partial charge in [-0.3, -0.25) is 4.90 Å². The van der Waals surface area contributed by atoms with E-state index in [0.29, 0.717) is 6.04 Å². The molecule has 3 aromatic heterocycles. The third-order valence-electron chi connectivity index (χ3n) is 4.86. The number of rotatable bonds is 5. The average Bonchev–Trinajstić information content (AvgIpc) is 3.28. The molecule has 4 heterocycles. The Hall–Kier alpha value is -1.50. The third-order valence-corrected chi connectivity index (χ3v) is 6.65. The van der Waals surface area contributed by atoms with E-state index in [-0.39, 0.29) is 0 Å². The molecule has 1 N–H and O–H groups in total. The fourth-order valence-electron chi connectivity index (χ4n) is 3.36. The minimum absolute atomic E-state index is 0.418. The first-order valence-electron chi connectivity index (χ1n) is 8.51. The molecule has 6 heteroatoms. The minimum atomic E-state index is 0.418. The lowest BCUT2D eigenvalue weighted by Gasteiger charge is -2.36. The zero-order chi connectivity index (χ0) is 16.4. The van der Waals surface area contributed by atoms with Crippen LogP contribution in [-0.2, 0) is 0 Å². The third kappa shape index (κ3) is 3.31. The van der Waals surface area contributed by atoms with Crippen molar-refractivity contribution in [3.63, 3.8) is 0 Å². The van der Waals surface area contributed by atoms with Crippen molar-refractivity contribution in [1.29, 1.82) is 0 Å². The van der Waals surface area contributed by atoms with Crippen LogP contribution in [0.5, 0.6) is 0 Å². The summed E-state index contributed by atoms with van der Waals surface area (Å²) in [6.07, 6.45) is 4.25. The highest BCUT2D eigenvalue weighted by Crippen LogP contribution is 2.31. The standard InChI is InChI=1S/C18H22N4S2/c1-13-4-7-22(8-5-13)15(16-3-2-9-23-16)11-19-17-14-6-10-24-18(14)21-12-20-17/h2-3,6,9-10,12-13,15H,4-5,7-8,11H2,1H3,(H,19,20,21). The van der Waals surface area contributed by atoms with E-state index in [1.165, 1.54) is 30.8 Å². The highest BCUT2D eigenvalue weighted by Gasteiger charge is 2.25. The molecule has 0 amide bonds. The van der Waals surface area contributed by atoms with E-state index in [9.17, 15) is 0 Å². The molecule has 24 heavy (non-hydrogen) atoms. The van der Waals surface area contributed by atoms with Crippen LogP contribution in [0.3, 0.4) is 0 Å². The molecule has 1 unspecified atom stereocenters. The fourth-order valence-corrected chi connectivity index (χ4v) is 4.95. The van der Waals surface area contributed by atoms with Gasteiger partial charge in [0.1, 0.15) is 17.0 Å². The van der Waals surface area contributed by atoms with Crippen LogP contribution in [0.1, 0.15) is 30.7 Å². The van der Waals surface area contributed by atoms with E-state index in [2.05, 4.69) is 56.1 Å². The Morgan fingerprint density at radius 3 is 2.88 bits per heavy atom. The molecule has 0 spiro atoms. The Morgan fingerprint density at radius 1 is 1.21 bits per heavy atom. The van der Waals surface area contributed by atoms with Crippen LogP contribution < -0.4 is 5.32 Å². The SMILES string of the molecule is CC1CCN(C(CNc2ncnc3sccc23)c2cccs2)CC1. The van der Waals surface area contributed by atoms with Crippen molar-refractivity contribution in [1.82, 2.24) is 14.9 Å². The molecule has 1 fully saturated rings. The molecule has 0 radical (unpaired) electrons. The first-order valence-corrected chi connectivity index (χ1v) is 10.3. The van der Waals surface area contributed by atoms with Gasteiger partial charge in [-0.2, -0.15) is 0 Å². The van der Waals surface area contributed by atoms with Crippen molar-refractivity contribution in [2.75, 3.05) is 25.0 Å². The quantitative estimate of drug-likeness (QED) is 0.721. The normalized spacial score (nSPS) is 18.0. The zero-order valence-electron chi connectivity index (χ0n) is 13.8. The van der Waals surface area contributed by atoms with Gasteiger partial charge in [0.05, 0.1) is 11.4 Å². The molecular weight excluding hydrogens is 336 g/mol. The first kappa shape index (κ1) is 16.0. The Balaban J connectivity index is 1.53. The molecule has 1 aliphatic rings. The lowest BCUT2D eigenvalue weighted by atomic mass is 9.97. The van der Waals surface area contributed by atoms with E-state index in [0.717, 1.165) is 28.5 Å². The van der Waals surface area contributed by atoms with Crippen molar-refractivity contribution in [3.05, 3.63) is 40.2 Å². The second-order valence-electron chi connectivity index (χ2n) is 6.49. The molecule has 0 bridgehead atoms. The molecule has 4 rings (SSSR count). The number of nitrogens with zero attached hydrogens (tertiary/aromatic N) is 3. The van der Waals surface area contributed by atoms with E-state index < -0.39 is 0 Å². The summed E-state index contributed by atoms with van der Waals surface area (Å²) >= 11 is 3.52. The number of piperidine rings is 1. The Bertz CT molecular complexity index is 775. The second kappa shape index (κ2) is 7.17. The fraction of sp³-hybridized carbons (Fsp3) is 0.444. The van der Waals surface area contributed by atoms with Crippen LogP contribution in [0, 0.1) is 5.92 Å². The van der Waals surface area contributed by atoms with E-state index in [1.807, 2.05) is 11.3 Å². The Labute approximate surface area is 150 Å². The van der Waals surface area contributed by atoms with Gasteiger partial charge in [0, 0.05) is 11.4 Å². The zero-order valence-corrected chi connectivity index (χ0v) is 15.4. The molecule has 0 saturated carbocycles. The lowest BCUT2D eigenvalue weighted by molar-refractivity contribution is 0.145. The molecule has 4 nitrogen and oxygen atoms in total. The topological polar surface area (TPSA) is 41.0 Å². The van der Waals surface area contributed by atoms with Crippen LogP contribution in [-0.4, -0.2) is 34.5 Å². The summed E-state index contributed by atoms with van der Waals surface area (Å²) in [5, 5.41) is 8.97. The molecule has 0 aliphatic carbocycles. The van der Waals surface area contributed by atoms with Gasteiger partial charge in [0.15, 0.2) is 0 Å². The maximum absolute atomic E-state index is 4.46. The van der Waals surface area contributed by atoms with Crippen molar-refractivity contribution >= 4 is 38.7 Å². The highest BCUT2D eigenvalue weighted by atomic mass is 32.1. The summed E-state index contributed by atoms with van der Waals surface area (Å²) in [6, 6.07) is 6.93. The summed E-state index contributed by atoms with van der Waals surface area (Å²) in [5.41, 5.74) is 0. The van der Waals surface area contributed by atoms with Crippen LogP contribution in [0.15, 0.2) is 35.3 Å². The summed E-state index contributed by atoms with van der Waals surface area (Å²) in [4.78, 5) is 13.9. The van der Waals surface area contributed by atoms with Gasteiger partial charge in [-0.1, -0.05) is 13.0 Å². The smallest absolute Gasteiger partial charge is 0.138 e. The van der Waals surface area contributed by atoms with Crippen molar-refractivity contribution < 1.29 is 0 Å². The van der Waals surface area contributed by atoms with Crippen LogP contribution in [0.2, 0.25) is 0 Å². The number of hydrogen-bond donors (Lipinski definition) is 1. The number of anilines is 1. The first-order chi connectivity index (χ1) is 11.8. The second-order valence-corrected chi connectivity index (χ2v) is 8.37. The van der Waals surface area contributed by atoms with Crippen LogP contribution >= 0.6 is 22.7 Å². The highest BCUT2D eigenvalue weighted by molar-refractivity contribution is 7.16. The number of fused-ring (bicyclic) bond motifs is 1. The van der Waals surface area contributed by atoms with Crippen molar-refractivity contribution in [2.45, 2.75) is 25.8 Å². The maximum Gasteiger partial charge on any atom is 0.138 e. The molecular formula is C18H22N4S2. The van der Waals surface area contributed by atoms with Crippen LogP contribution in [0.25, 0.3) is 10.2 Å². The summed E-state index contributed by atoms with van der Waals surface area (Å²) in [7, 11) is 0. The summed E-state index contributed by atoms with van der Waals surface area (Å²) in [5.74, 6) is 1.80. The van der Waals surface area contributed by atoms with Crippen molar-refractivity contribution in [3.8, 4) is 0 Å². The number of aromatic nitrogens is 2. The molecule has 1 aliphatic heterocycles. The molecule has 3 aromatic rings. The lowest BCUT2D eigenvalue weighted by Crippen LogP contribution is -2.38. The molecule has 0 aromatic carbocycles. The monoisotopic (exact) mass is 358 g/mol. The van der Waals surface area contributed by atoms with E-state index in [1.54, 1.807) is 17.7 Å². The average molecular weight is 359 g/mol. The molecule has 126 valence electrons. The van der Waals surface area contributed by atoms with Gasteiger partial charge < -0.3 is 5.32 Å². The van der Waals surface area contributed by atoms with Crippen LogP contribution in [0.4, 0.5) is 5.82 Å². The van der Waals surface area contributed by atoms with Gasteiger partial charge in [0.2, 0.25) is 0 Å². The van der Waals surface area contributed by atoms with Gasteiger partial charge >= 0.3 is 0 Å². The largest absolute Gasteiger partial charge is 0.367 e. The van der Waals surface area contributed by atoms with Gasteiger partial charge in [0.25, 0.3) is 0 Å². The summed E-state index contributed by atoms with van der Waals surface area (Å²) < 4.78 is 0. The van der Waals surface area contributed by atoms with Gasteiger partial charge in [-0.25, -0.2) is 9.97 Å². The predicted molar refractivity (Wildman–Crippen MR) is 103 cm³/mol. The van der Waals surface area contributed by atoms with Gasteiger partial charge in [-0.15, -0.1) is 22.7 Å². The molecule has 1 saturated heterocycles. The summed E-state index contributed by atoms with van der Waals surface area (Å²) in [6.45, 7) is 5.62. The number of thiophene rings is 2.